The number of nitrogens with zero attached hydrogens (tertiary/aromatic N) is 3. The molecule has 0 aromatic rings. The Hall–Kier alpha value is -0.660. The molecule has 0 saturated carbocycles. The summed E-state index contributed by atoms with van der Waals surface area (Å²) in [6.07, 6.45) is 0. The molecule has 1 saturated heterocycles. The molecule has 0 aliphatic carbocycles. The Bertz CT molecular complexity index is 361. The highest BCUT2D eigenvalue weighted by molar-refractivity contribution is 7.89. The lowest BCUT2D eigenvalue weighted by Crippen LogP contribution is -2.50. The Morgan fingerprint density at radius 1 is 1.24 bits per heavy atom. The normalized spacial score (nSPS) is 18.7. The molecule has 7 heteroatoms. The van der Waals surface area contributed by atoms with Crippen molar-refractivity contribution in [2.75, 3.05) is 52.6 Å². The molecule has 1 amide bonds. The number of hydrogen-bond donors (Lipinski definition) is 0. The number of sulfonamides is 1. The van der Waals surface area contributed by atoms with Crippen LogP contribution in [-0.4, -0.2) is 81.0 Å². The van der Waals surface area contributed by atoms with Crippen molar-refractivity contribution in [2.45, 2.75) is 6.92 Å². The molecule has 1 rings (SSSR count). The maximum absolute atomic E-state index is 11.9. The first kappa shape index (κ1) is 14.4. The maximum Gasteiger partial charge on any atom is 0.237 e. The molecule has 0 aromatic heterocycles. The van der Waals surface area contributed by atoms with E-state index >= 15 is 0 Å². The van der Waals surface area contributed by atoms with Gasteiger partial charge in [-0.15, -0.1) is 0 Å². The van der Waals surface area contributed by atoms with Crippen molar-refractivity contribution in [1.82, 2.24) is 14.1 Å². The van der Waals surface area contributed by atoms with Crippen LogP contribution in [0.25, 0.3) is 0 Å². The Morgan fingerprint density at radius 2 is 1.76 bits per heavy atom. The summed E-state index contributed by atoms with van der Waals surface area (Å²) in [5.41, 5.74) is 0. The lowest BCUT2D eigenvalue weighted by Gasteiger charge is -2.33. The highest BCUT2D eigenvalue weighted by atomic mass is 32.2. The zero-order valence-electron chi connectivity index (χ0n) is 10.7. The Balaban J connectivity index is 2.50. The molecule has 100 valence electrons. The van der Waals surface area contributed by atoms with Crippen LogP contribution in [-0.2, 0) is 14.8 Å². The number of piperazine rings is 1. The van der Waals surface area contributed by atoms with E-state index in [0.717, 1.165) is 17.4 Å². The molecule has 17 heavy (non-hydrogen) atoms. The molecule has 0 N–H and O–H groups in total. The van der Waals surface area contributed by atoms with E-state index in [1.165, 1.54) is 7.05 Å². The van der Waals surface area contributed by atoms with E-state index in [-0.39, 0.29) is 18.2 Å². The van der Waals surface area contributed by atoms with Gasteiger partial charge in [-0.25, -0.2) is 8.42 Å². The highest BCUT2D eigenvalue weighted by Gasteiger charge is 2.23. The summed E-state index contributed by atoms with van der Waals surface area (Å²) in [5.74, 6) is -0.0860. The first-order valence-corrected chi connectivity index (χ1v) is 7.38. The van der Waals surface area contributed by atoms with Crippen molar-refractivity contribution >= 4 is 15.9 Å². The van der Waals surface area contributed by atoms with Gasteiger partial charge >= 0.3 is 0 Å². The maximum atomic E-state index is 11.9. The summed E-state index contributed by atoms with van der Waals surface area (Å²) >= 11 is 0. The van der Waals surface area contributed by atoms with Gasteiger partial charge in [0.05, 0.1) is 12.3 Å². The molecular formula is C10H21N3O3S. The van der Waals surface area contributed by atoms with Crippen LogP contribution in [0.1, 0.15) is 6.92 Å². The summed E-state index contributed by atoms with van der Waals surface area (Å²) in [6.45, 7) is 4.56. The van der Waals surface area contributed by atoms with E-state index in [2.05, 4.69) is 4.90 Å². The topological polar surface area (TPSA) is 60.9 Å². The van der Waals surface area contributed by atoms with E-state index < -0.39 is 10.0 Å². The first-order valence-electron chi connectivity index (χ1n) is 5.77. The minimum absolute atomic E-state index is 0.0273. The standard InChI is InChI=1S/C10H21N3O3S/c1-4-17(15,16)12(3)9-10(14)13-7-5-11(2)6-8-13/h4-9H2,1-3H3. The van der Waals surface area contributed by atoms with Crippen LogP contribution in [0.5, 0.6) is 0 Å². The third-order valence-corrected chi connectivity index (χ3v) is 4.86. The van der Waals surface area contributed by atoms with Gasteiger partial charge in [-0.3, -0.25) is 4.79 Å². The largest absolute Gasteiger partial charge is 0.339 e. The number of carbonyl (C=O) groups excluding carboxylic acids is 1. The third kappa shape index (κ3) is 3.93. The van der Waals surface area contributed by atoms with Gasteiger partial charge in [-0.1, -0.05) is 0 Å². The van der Waals surface area contributed by atoms with Gasteiger partial charge in [-0.2, -0.15) is 4.31 Å². The van der Waals surface area contributed by atoms with E-state index in [9.17, 15) is 13.2 Å². The molecule has 0 bridgehead atoms. The Morgan fingerprint density at radius 3 is 2.24 bits per heavy atom. The van der Waals surface area contributed by atoms with Gasteiger partial charge in [0, 0.05) is 33.2 Å². The van der Waals surface area contributed by atoms with Gasteiger partial charge in [0.25, 0.3) is 0 Å². The van der Waals surface area contributed by atoms with Crippen LogP contribution in [0.3, 0.4) is 0 Å². The summed E-state index contributed by atoms with van der Waals surface area (Å²) < 4.78 is 24.2. The lowest BCUT2D eigenvalue weighted by molar-refractivity contribution is -0.132. The van der Waals surface area contributed by atoms with Crippen LogP contribution >= 0.6 is 0 Å². The molecule has 6 nitrogen and oxygen atoms in total. The van der Waals surface area contributed by atoms with Crippen molar-refractivity contribution in [3.8, 4) is 0 Å². The molecule has 0 unspecified atom stereocenters. The van der Waals surface area contributed by atoms with Crippen molar-refractivity contribution in [2.24, 2.45) is 0 Å². The second-order valence-electron chi connectivity index (χ2n) is 4.34. The lowest BCUT2D eigenvalue weighted by atomic mass is 10.3. The molecule has 0 spiro atoms. The fourth-order valence-electron chi connectivity index (χ4n) is 1.67. The molecular weight excluding hydrogens is 242 g/mol. The fraction of sp³-hybridized carbons (Fsp3) is 0.900. The smallest absolute Gasteiger partial charge is 0.237 e. The monoisotopic (exact) mass is 263 g/mol. The van der Waals surface area contributed by atoms with E-state index in [0.29, 0.717) is 13.1 Å². The number of hydrogen-bond acceptors (Lipinski definition) is 4. The molecule has 0 radical (unpaired) electrons. The van der Waals surface area contributed by atoms with Crippen LogP contribution in [0.15, 0.2) is 0 Å². The molecule has 0 atom stereocenters. The SMILES string of the molecule is CCS(=O)(=O)N(C)CC(=O)N1CCN(C)CC1. The Kier molecular flexibility index (Phi) is 4.91. The van der Waals surface area contributed by atoms with Crippen LogP contribution in [0, 0.1) is 0 Å². The van der Waals surface area contributed by atoms with E-state index in [1.807, 2.05) is 7.05 Å². The fourth-order valence-corrected chi connectivity index (χ4v) is 2.41. The zero-order valence-corrected chi connectivity index (χ0v) is 11.5. The average Bonchev–Trinajstić information content (AvgIpc) is 2.29. The molecule has 1 aliphatic heterocycles. The Labute approximate surface area is 103 Å². The van der Waals surface area contributed by atoms with Gasteiger partial charge in [0.1, 0.15) is 0 Å². The van der Waals surface area contributed by atoms with E-state index in [4.69, 9.17) is 0 Å². The van der Waals surface area contributed by atoms with Crippen molar-refractivity contribution in [1.29, 1.82) is 0 Å². The van der Waals surface area contributed by atoms with Gasteiger partial charge in [0.15, 0.2) is 0 Å². The second-order valence-corrected chi connectivity index (χ2v) is 6.71. The van der Waals surface area contributed by atoms with Gasteiger partial charge in [0.2, 0.25) is 15.9 Å². The number of amides is 1. The molecule has 1 heterocycles. The summed E-state index contributed by atoms with van der Waals surface area (Å²) in [6, 6.07) is 0. The predicted octanol–water partition coefficient (Wildman–Crippen LogP) is -0.958. The molecule has 1 fully saturated rings. The van der Waals surface area contributed by atoms with E-state index in [1.54, 1.807) is 11.8 Å². The van der Waals surface area contributed by atoms with Crippen molar-refractivity contribution in [3.05, 3.63) is 0 Å². The number of likely N-dealkylation sites (N-methyl/N-ethyl adjacent to an activating group) is 2. The first-order chi connectivity index (χ1) is 7.86. The quantitative estimate of drug-likeness (QED) is 0.655. The van der Waals surface area contributed by atoms with Crippen LogP contribution < -0.4 is 0 Å². The minimum atomic E-state index is -3.27. The number of rotatable bonds is 4. The average molecular weight is 263 g/mol. The number of carbonyl (C=O) groups is 1. The van der Waals surface area contributed by atoms with Gasteiger partial charge in [-0.05, 0) is 14.0 Å². The zero-order chi connectivity index (χ0) is 13.1. The predicted molar refractivity (Wildman–Crippen MR) is 66.2 cm³/mol. The molecule has 0 aromatic carbocycles. The third-order valence-electron chi connectivity index (χ3n) is 3.05. The van der Waals surface area contributed by atoms with Crippen LogP contribution in [0.4, 0.5) is 0 Å². The van der Waals surface area contributed by atoms with Gasteiger partial charge < -0.3 is 9.80 Å². The van der Waals surface area contributed by atoms with Crippen molar-refractivity contribution in [3.63, 3.8) is 0 Å². The second kappa shape index (κ2) is 5.79. The summed E-state index contributed by atoms with van der Waals surface area (Å²) in [4.78, 5) is 15.8. The molecule has 1 aliphatic rings. The minimum Gasteiger partial charge on any atom is -0.339 e. The van der Waals surface area contributed by atoms with Crippen molar-refractivity contribution < 1.29 is 13.2 Å². The summed E-state index contributed by atoms with van der Waals surface area (Å²) in [5, 5.41) is 0. The summed E-state index contributed by atoms with van der Waals surface area (Å²) in [7, 11) is 0.193. The highest BCUT2D eigenvalue weighted by Crippen LogP contribution is 2.03. The van der Waals surface area contributed by atoms with Crippen LogP contribution in [0.2, 0.25) is 0 Å².